The SMILES string of the molecule is CNc1ccc(Oc2ccnc3cc(OC)c(OC)cc23)nc1C. The van der Waals surface area contributed by atoms with Gasteiger partial charge in [-0.25, -0.2) is 4.98 Å². The van der Waals surface area contributed by atoms with Crippen molar-refractivity contribution in [1.82, 2.24) is 9.97 Å². The van der Waals surface area contributed by atoms with E-state index >= 15 is 0 Å². The predicted molar refractivity (Wildman–Crippen MR) is 93.4 cm³/mol. The summed E-state index contributed by atoms with van der Waals surface area (Å²) >= 11 is 0. The van der Waals surface area contributed by atoms with Crippen LogP contribution in [0.4, 0.5) is 5.69 Å². The molecule has 0 saturated heterocycles. The Morgan fingerprint density at radius 1 is 0.958 bits per heavy atom. The highest BCUT2D eigenvalue weighted by Gasteiger charge is 2.12. The van der Waals surface area contributed by atoms with Crippen LogP contribution in [-0.4, -0.2) is 31.2 Å². The first-order valence-corrected chi connectivity index (χ1v) is 7.50. The van der Waals surface area contributed by atoms with Crippen molar-refractivity contribution in [1.29, 1.82) is 0 Å². The molecule has 2 heterocycles. The van der Waals surface area contributed by atoms with Gasteiger partial charge in [0.25, 0.3) is 0 Å². The molecule has 1 N–H and O–H groups in total. The van der Waals surface area contributed by atoms with E-state index in [0.29, 0.717) is 23.1 Å². The zero-order chi connectivity index (χ0) is 17.1. The summed E-state index contributed by atoms with van der Waals surface area (Å²) < 4.78 is 16.7. The highest BCUT2D eigenvalue weighted by atomic mass is 16.5. The minimum absolute atomic E-state index is 0.522. The van der Waals surface area contributed by atoms with Crippen molar-refractivity contribution in [2.24, 2.45) is 0 Å². The van der Waals surface area contributed by atoms with Gasteiger partial charge in [-0.1, -0.05) is 0 Å². The fourth-order valence-corrected chi connectivity index (χ4v) is 2.51. The Labute approximate surface area is 140 Å². The molecule has 0 aliphatic carbocycles. The van der Waals surface area contributed by atoms with Gasteiger partial charge in [0.05, 0.1) is 31.1 Å². The van der Waals surface area contributed by atoms with Crippen LogP contribution in [0.1, 0.15) is 5.69 Å². The maximum atomic E-state index is 5.97. The Morgan fingerprint density at radius 2 is 1.71 bits per heavy atom. The van der Waals surface area contributed by atoms with Gasteiger partial charge in [0.15, 0.2) is 11.5 Å². The molecule has 0 aliphatic rings. The molecule has 3 rings (SSSR count). The summed E-state index contributed by atoms with van der Waals surface area (Å²) in [7, 11) is 5.06. The second-order valence-corrected chi connectivity index (χ2v) is 5.17. The minimum atomic E-state index is 0.522. The number of aryl methyl sites for hydroxylation is 1. The monoisotopic (exact) mass is 325 g/mol. The lowest BCUT2D eigenvalue weighted by Gasteiger charge is -2.12. The van der Waals surface area contributed by atoms with E-state index in [1.165, 1.54) is 0 Å². The summed E-state index contributed by atoms with van der Waals surface area (Å²) in [5.74, 6) is 2.43. The third-order valence-corrected chi connectivity index (χ3v) is 3.75. The molecule has 124 valence electrons. The van der Waals surface area contributed by atoms with Gasteiger partial charge < -0.3 is 19.5 Å². The van der Waals surface area contributed by atoms with Gasteiger partial charge in [0.1, 0.15) is 5.75 Å². The number of rotatable bonds is 5. The van der Waals surface area contributed by atoms with E-state index in [1.807, 2.05) is 38.2 Å². The fraction of sp³-hybridized carbons (Fsp3) is 0.222. The van der Waals surface area contributed by atoms with Gasteiger partial charge in [0.2, 0.25) is 5.88 Å². The number of aromatic nitrogens is 2. The highest BCUT2D eigenvalue weighted by Crippen LogP contribution is 2.36. The van der Waals surface area contributed by atoms with Gasteiger partial charge >= 0.3 is 0 Å². The van der Waals surface area contributed by atoms with Crippen LogP contribution >= 0.6 is 0 Å². The molecule has 0 amide bonds. The number of nitrogens with zero attached hydrogens (tertiary/aromatic N) is 2. The van der Waals surface area contributed by atoms with Gasteiger partial charge in [-0.3, -0.25) is 4.98 Å². The smallest absolute Gasteiger partial charge is 0.219 e. The van der Waals surface area contributed by atoms with Crippen LogP contribution in [-0.2, 0) is 0 Å². The van der Waals surface area contributed by atoms with Crippen molar-refractivity contribution in [3.8, 4) is 23.1 Å². The summed E-state index contributed by atoms with van der Waals surface area (Å²) in [6.45, 7) is 1.93. The molecule has 1 aromatic carbocycles. The van der Waals surface area contributed by atoms with Crippen molar-refractivity contribution < 1.29 is 14.2 Å². The average Bonchev–Trinajstić information content (AvgIpc) is 2.61. The fourth-order valence-electron chi connectivity index (χ4n) is 2.51. The first-order chi connectivity index (χ1) is 11.7. The number of anilines is 1. The van der Waals surface area contributed by atoms with Crippen LogP contribution in [0.15, 0.2) is 36.5 Å². The van der Waals surface area contributed by atoms with Crippen molar-refractivity contribution in [2.75, 3.05) is 26.6 Å². The average molecular weight is 325 g/mol. The molecule has 0 fully saturated rings. The van der Waals surface area contributed by atoms with Crippen molar-refractivity contribution in [2.45, 2.75) is 6.92 Å². The molecule has 0 unspecified atom stereocenters. The zero-order valence-corrected chi connectivity index (χ0v) is 14.1. The van der Waals surface area contributed by atoms with Crippen LogP contribution in [0.25, 0.3) is 10.9 Å². The topological polar surface area (TPSA) is 65.5 Å². The van der Waals surface area contributed by atoms with Gasteiger partial charge in [-0.2, -0.15) is 0 Å². The molecular formula is C18H19N3O3. The molecule has 0 aliphatic heterocycles. The Hall–Kier alpha value is -3.02. The quantitative estimate of drug-likeness (QED) is 0.770. The Balaban J connectivity index is 2.04. The molecule has 0 bridgehead atoms. The molecule has 3 aromatic rings. The molecule has 6 nitrogen and oxygen atoms in total. The summed E-state index contributed by atoms with van der Waals surface area (Å²) in [5, 5.41) is 3.91. The number of benzene rings is 1. The molecule has 0 spiro atoms. The Morgan fingerprint density at radius 3 is 2.38 bits per heavy atom. The molecule has 0 saturated carbocycles. The first-order valence-electron chi connectivity index (χ1n) is 7.50. The van der Waals surface area contributed by atoms with Crippen molar-refractivity contribution >= 4 is 16.6 Å². The lowest BCUT2D eigenvalue weighted by atomic mass is 10.2. The lowest BCUT2D eigenvalue weighted by molar-refractivity contribution is 0.355. The van der Waals surface area contributed by atoms with Crippen molar-refractivity contribution in [3.63, 3.8) is 0 Å². The van der Waals surface area contributed by atoms with Crippen LogP contribution in [0.5, 0.6) is 23.1 Å². The number of methoxy groups -OCH3 is 2. The number of ether oxygens (including phenoxy) is 3. The summed E-state index contributed by atoms with van der Waals surface area (Å²) in [6.07, 6.45) is 1.69. The van der Waals surface area contributed by atoms with E-state index in [0.717, 1.165) is 22.3 Å². The van der Waals surface area contributed by atoms with Gasteiger partial charge in [-0.05, 0) is 25.1 Å². The van der Waals surface area contributed by atoms with Crippen LogP contribution in [0.3, 0.4) is 0 Å². The zero-order valence-electron chi connectivity index (χ0n) is 14.1. The molecular weight excluding hydrogens is 306 g/mol. The van der Waals surface area contributed by atoms with E-state index < -0.39 is 0 Å². The number of hydrogen-bond donors (Lipinski definition) is 1. The molecule has 2 aromatic heterocycles. The standard InChI is InChI=1S/C18H19N3O3/c1-11-13(19-2)5-6-18(21-11)24-15-7-8-20-14-10-17(23-4)16(22-3)9-12(14)15/h5-10,19H,1-4H3. The molecule has 0 radical (unpaired) electrons. The molecule has 0 atom stereocenters. The number of pyridine rings is 2. The van der Waals surface area contributed by atoms with E-state index in [4.69, 9.17) is 14.2 Å². The Kier molecular flexibility index (Phi) is 4.37. The second kappa shape index (κ2) is 6.62. The highest BCUT2D eigenvalue weighted by molar-refractivity contribution is 5.88. The van der Waals surface area contributed by atoms with Gasteiger partial charge in [-0.15, -0.1) is 0 Å². The number of fused-ring (bicyclic) bond motifs is 1. The largest absolute Gasteiger partial charge is 0.493 e. The normalized spacial score (nSPS) is 10.5. The minimum Gasteiger partial charge on any atom is -0.493 e. The summed E-state index contributed by atoms with van der Waals surface area (Å²) in [5.41, 5.74) is 2.59. The van der Waals surface area contributed by atoms with Crippen LogP contribution in [0, 0.1) is 6.92 Å². The van der Waals surface area contributed by atoms with Crippen LogP contribution < -0.4 is 19.5 Å². The molecule has 24 heavy (non-hydrogen) atoms. The van der Waals surface area contributed by atoms with E-state index in [2.05, 4.69) is 15.3 Å². The maximum absolute atomic E-state index is 5.97. The first kappa shape index (κ1) is 15.9. The third kappa shape index (κ3) is 2.90. The lowest BCUT2D eigenvalue weighted by Crippen LogP contribution is -1.97. The maximum Gasteiger partial charge on any atom is 0.219 e. The second-order valence-electron chi connectivity index (χ2n) is 5.17. The van der Waals surface area contributed by atoms with Gasteiger partial charge in [0, 0.05) is 30.8 Å². The van der Waals surface area contributed by atoms with E-state index in [1.54, 1.807) is 26.5 Å². The number of nitrogens with one attached hydrogen (secondary N) is 1. The summed E-state index contributed by atoms with van der Waals surface area (Å²) in [4.78, 5) is 8.83. The molecule has 6 heteroatoms. The van der Waals surface area contributed by atoms with E-state index in [-0.39, 0.29) is 0 Å². The predicted octanol–water partition coefficient (Wildman–Crippen LogP) is 3.79. The summed E-state index contributed by atoms with van der Waals surface area (Å²) in [6, 6.07) is 9.24. The Bertz CT molecular complexity index is 881. The van der Waals surface area contributed by atoms with Crippen molar-refractivity contribution in [3.05, 3.63) is 42.2 Å². The van der Waals surface area contributed by atoms with E-state index in [9.17, 15) is 0 Å². The number of hydrogen-bond acceptors (Lipinski definition) is 6. The third-order valence-electron chi connectivity index (χ3n) is 3.75. The van der Waals surface area contributed by atoms with Crippen LogP contribution in [0.2, 0.25) is 0 Å².